The zero-order valence-electron chi connectivity index (χ0n) is 14.2. The van der Waals surface area contributed by atoms with Crippen LogP contribution >= 0.6 is 11.8 Å². The lowest BCUT2D eigenvalue weighted by Gasteiger charge is -2.27. The molecule has 0 N–H and O–H groups in total. The number of aryl methyl sites for hydroxylation is 2. The molecule has 1 saturated heterocycles. The van der Waals surface area contributed by atoms with Crippen molar-refractivity contribution in [3.63, 3.8) is 0 Å². The van der Waals surface area contributed by atoms with Gasteiger partial charge < -0.3 is 4.90 Å². The van der Waals surface area contributed by atoms with Gasteiger partial charge >= 0.3 is 0 Å². The maximum Gasteiger partial charge on any atom is 0.236 e. The minimum absolute atomic E-state index is 0.0449. The molecule has 1 amide bonds. The molecule has 1 aromatic heterocycles. The van der Waals surface area contributed by atoms with Crippen molar-refractivity contribution in [3.8, 4) is 0 Å². The molecule has 4 nitrogen and oxygen atoms in total. The third kappa shape index (κ3) is 2.86. The zero-order valence-corrected chi connectivity index (χ0v) is 15.1. The number of thioether (sulfide) groups is 1. The first-order valence-corrected chi connectivity index (χ1v) is 9.56. The number of hydrogen-bond donors (Lipinski definition) is 0. The highest BCUT2D eigenvalue weighted by Gasteiger charge is 2.36. The van der Waals surface area contributed by atoms with Crippen LogP contribution in [0.15, 0.2) is 35.2 Å². The zero-order chi connectivity index (χ0) is 16.7. The fourth-order valence-electron chi connectivity index (χ4n) is 3.88. The van der Waals surface area contributed by atoms with Crippen molar-refractivity contribution in [3.05, 3.63) is 47.3 Å². The maximum atomic E-state index is 13.1. The second-order valence-electron chi connectivity index (χ2n) is 6.86. The molecule has 2 aliphatic rings. The molecule has 126 valence electrons. The Kier molecular flexibility index (Phi) is 4.12. The van der Waals surface area contributed by atoms with Crippen LogP contribution in [0.3, 0.4) is 0 Å². The third-order valence-corrected chi connectivity index (χ3v) is 6.37. The van der Waals surface area contributed by atoms with Gasteiger partial charge in [0.2, 0.25) is 5.91 Å². The first-order chi connectivity index (χ1) is 11.6. The lowest BCUT2D eigenvalue weighted by Crippen LogP contribution is -2.43. The number of amides is 1. The number of carbonyl (C=O) groups is 1. The van der Waals surface area contributed by atoms with Crippen LogP contribution in [0.1, 0.15) is 29.8 Å². The number of carbonyl (C=O) groups excluding carboxylic acids is 1. The molecule has 24 heavy (non-hydrogen) atoms. The second-order valence-corrected chi connectivity index (χ2v) is 8.10. The van der Waals surface area contributed by atoms with Crippen LogP contribution in [0.5, 0.6) is 0 Å². The highest BCUT2D eigenvalue weighted by molar-refractivity contribution is 8.01. The summed E-state index contributed by atoms with van der Waals surface area (Å²) in [5, 5.41) is 4.62. The molecule has 2 unspecified atom stereocenters. The van der Waals surface area contributed by atoms with E-state index in [0.717, 1.165) is 38.0 Å². The molecule has 0 radical (unpaired) electrons. The number of nitrogens with zero attached hydrogens (tertiary/aromatic N) is 3. The van der Waals surface area contributed by atoms with E-state index in [1.807, 2.05) is 6.92 Å². The molecule has 0 aliphatic carbocycles. The number of rotatable bonds is 3. The normalized spacial score (nSPS) is 22.8. The number of likely N-dealkylation sites (tertiary alicyclic amines) is 1. The van der Waals surface area contributed by atoms with Gasteiger partial charge in [-0.1, -0.05) is 18.2 Å². The highest BCUT2D eigenvalue weighted by atomic mass is 32.2. The molecule has 4 rings (SSSR count). The predicted molar refractivity (Wildman–Crippen MR) is 96.2 cm³/mol. The smallest absolute Gasteiger partial charge is 0.236 e. The van der Waals surface area contributed by atoms with Gasteiger partial charge in [0.15, 0.2) is 0 Å². The van der Waals surface area contributed by atoms with Crippen molar-refractivity contribution >= 4 is 17.7 Å². The largest absolute Gasteiger partial charge is 0.337 e. The van der Waals surface area contributed by atoms with Crippen LogP contribution in [0.25, 0.3) is 0 Å². The Bertz CT molecular complexity index is 745. The summed E-state index contributed by atoms with van der Waals surface area (Å²) >= 11 is 1.73. The lowest BCUT2D eigenvalue weighted by atomic mass is 10.1. The summed E-state index contributed by atoms with van der Waals surface area (Å²) < 4.78 is 2.06. The van der Waals surface area contributed by atoms with Crippen LogP contribution < -0.4 is 0 Å². The summed E-state index contributed by atoms with van der Waals surface area (Å²) in [5.41, 5.74) is 3.54. The summed E-state index contributed by atoms with van der Waals surface area (Å²) in [5.74, 6) is 0.306. The first-order valence-electron chi connectivity index (χ1n) is 8.68. The first kappa shape index (κ1) is 15.8. The second kappa shape index (κ2) is 6.28. The van der Waals surface area contributed by atoms with Gasteiger partial charge in [-0.25, -0.2) is 0 Å². The molecular weight excluding hydrogens is 318 g/mol. The van der Waals surface area contributed by atoms with E-state index in [0.29, 0.717) is 5.91 Å². The van der Waals surface area contributed by atoms with Crippen LogP contribution in [0, 0.1) is 13.8 Å². The van der Waals surface area contributed by atoms with Gasteiger partial charge in [-0.05, 0) is 50.8 Å². The Morgan fingerprint density at radius 3 is 2.92 bits per heavy atom. The van der Waals surface area contributed by atoms with Crippen molar-refractivity contribution < 1.29 is 4.79 Å². The van der Waals surface area contributed by atoms with Crippen molar-refractivity contribution in [1.82, 2.24) is 14.7 Å². The number of benzene rings is 1. The molecule has 2 aromatic rings. The van der Waals surface area contributed by atoms with Gasteiger partial charge in [-0.15, -0.1) is 11.8 Å². The van der Waals surface area contributed by atoms with E-state index in [1.165, 1.54) is 16.2 Å². The third-order valence-electron chi connectivity index (χ3n) is 5.07. The summed E-state index contributed by atoms with van der Waals surface area (Å²) in [7, 11) is 0. The van der Waals surface area contributed by atoms with Gasteiger partial charge in [0.25, 0.3) is 0 Å². The molecule has 1 fully saturated rings. The molecule has 1 aromatic carbocycles. The molecule has 2 atom stereocenters. The Labute approximate surface area is 147 Å². The monoisotopic (exact) mass is 341 g/mol. The Balaban J connectivity index is 1.47. The standard InChI is InChI=1S/C19H23N3OS/c1-13-10-14(2)22(20-13)12-16-7-5-9-21(16)19(23)18-11-15-6-3-4-8-17(15)24-18/h3-4,6,8,10,16,18H,5,7,9,11-12H2,1-2H3. The lowest BCUT2D eigenvalue weighted by molar-refractivity contribution is -0.131. The molecule has 0 spiro atoms. The van der Waals surface area contributed by atoms with E-state index in [4.69, 9.17) is 0 Å². The van der Waals surface area contributed by atoms with E-state index in [2.05, 4.69) is 51.9 Å². The van der Waals surface area contributed by atoms with E-state index in [-0.39, 0.29) is 11.3 Å². The molecule has 5 heteroatoms. The summed E-state index contributed by atoms with van der Waals surface area (Å²) in [6.45, 7) is 5.81. The topological polar surface area (TPSA) is 38.1 Å². The van der Waals surface area contributed by atoms with Crippen molar-refractivity contribution in [2.45, 2.75) is 55.8 Å². The Hall–Kier alpha value is -1.75. The Morgan fingerprint density at radius 2 is 2.17 bits per heavy atom. The SMILES string of the molecule is Cc1cc(C)n(CC2CCCN2C(=O)C2Cc3ccccc3S2)n1. The molecule has 0 saturated carbocycles. The Morgan fingerprint density at radius 1 is 1.33 bits per heavy atom. The van der Waals surface area contributed by atoms with Gasteiger partial charge in [0.05, 0.1) is 23.5 Å². The van der Waals surface area contributed by atoms with E-state index in [9.17, 15) is 4.79 Å². The average Bonchev–Trinajstić information content (AvgIpc) is 3.26. The van der Waals surface area contributed by atoms with Gasteiger partial charge in [-0.2, -0.15) is 5.10 Å². The fourth-order valence-corrected chi connectivity index (χ4v) is 5.15. The number of hydrogen-bond acceptors (Lipinski definition) is 3. The van der Waals surface area contributed by atoms with Crippen molar-refractivity contribution in [2.24, 2.45) is 0 Å². The van der Waals surface area contributed by atoms with Gasteiger partial charge in [0, 0.05) is 17.1 Å². The summed E-state index contributed by atoms with van der Waals surface area (Å²) in [4.78, 5) is 16.5. The van der Waals surface area contributed by atoms with Crippen LogP contribution in [0.2, 0.25) is 0 Å². The molecule has 3 heterocycles. The maximum absolute atomic E-state index is 13.1. The van der Waals surface area contributed by atoms with Crippen LogP contribution in [-0.4, -0.2) is 38.4 Å². The summed E-state index contributed by atoms with van der Waals surface area (Å²) in [6.07, 6.45) is 3.04. The quantitative estimate of drug-likeness (QED) is 0.860. The average molecular weight is 341 g/mol. The molecule has 0 bridgehead atoms. The van der Waals surface area contributed by atoms with E-state index >= 15 is 0 Å². The highest BCUT2D eigenvalue weighted by Crippen LogP contribution is 2.38. The molecule has 2 aliphatic heterocycles. The minimum atomic E-state index is 0.0449. The minimum Gasteiger partial charge on any atom is -0.337 e. The number of aromatic nitrogens is 2. The summed E-state index contributed by atoms with van der Waals surface area (Å²) in [6, 6.07) is 10.8. The fraction of sp³-hybridized carbons (Fsp3) is 0.474. The van der Waals surface area contributed by atoms with Crippen LogP contribution in [0.4, 0.5) is 0 Å². The van der Waals surface area contributed by atoms with E-state index in [1.54, 1.807) is 11.8 Å². The van der Waals surface area contributed by atoms with E-state index < -0.39 is 0 Å². The van der Waals surface area contributed by atoms with Crippen molar-refractivity contribution in [1.29, 1.82) is 0 Å². The van der Waals surface area contributed by atoms with Gasteiger partial charge in [-0.3, -0.25) is 9.48 Å². The predicted octanol–water partition coefficient (Wildman–Crippen LogP) is 3.21. The van der Waals surface area contributed by atoms with Crippen LogP contribution in [-0.2, 0) is 17.8 Å². The number of fused-ring (bicyclic) bond motifs is 1. The van der Waals surface area contributed by atoms with Gasteiger partial charge in [0.1, 0.15) is 0 Å². The molecular formula is C19H23N3OS. The van der Waals surface area contributed by atoms with Crippen molar-refractivity contribution in [2.75, 3.05) is 6.54 Å².